The highest BCUT2D eigenvalue weighted by molar-refractivity contribution is 7.99. The number of carboxylic acid groups (broad SMARTS) is 1. The molecule has 0 fully saturated rings. The van der Waals surface area contributed by atoms with Crippen molar-refractivity contribution in [3.8, 4) is 0 Å². The highest BCUT2D eigenvalue weighted by atomic mass is 32.2. The SMILES string of the molecule is COCCSc1nnccc1C(=O)O. The lowest BCUT2D eigenvalue weighted by Crippen LogP contribution is -2.03. The first-order valence-electron chi connectivity index (χ1n) is 3.92. The molecule has 1 heterocycles. The second-order valence-corrected chi connectivity index (χ2v) is 3.48. The van der Waals surface area contributed by atoms with E-state index in [4.69, 9.17) is 9.84 Å². The molecule has 14 heavy (non-hydrogen) atoms. The fourth-order valence-corrected chi connectivity index (χ4v) is 1.67. The molecular formula is C8H10N2O3S. The maximum Gasteiger partial charge on any atom is 0.338 e. The number of rotatable bonds is 5. The lowest BCUT2D eigenvalue weighted by atomic mass is 10.3. The summed E-state index contributed by atoms with van der Waals surface area (Å²) in [6, 6.07) is 1.43. The average molecular weight is 214 g/mol. The molecule has 0 aliphatic rings. The number of nitrogens with zero attached hydrogens (tertiary/aromatic N) is 2. The van der Waals surface area contributed by atoms with Crippen molar-refractivity contribution in [2.24, 2.45) is 0 Å². The van der Waals surface area contributed by atoms with E-state index in [1.54, 1.807) is 7.11 Å². The van der Waals surface area contributed by atoms with Gasteiger partial charge in [0.25, 0.3) is 0 Å². The van der Waals surface area contributed by atoms with E-state index in [1.807, 2.05) is 0 Å². The molecule has 0 spiro atoms. The molecule has 0 saturated carbocycles. The molecule has 6 heteroatoms. The Hall–Kier alpha value is -1.14. The van der Waals surface area contributed by atoms with Gasteiger partial charge in [0.15, 0.2) is 0 Å². The maximum absolute atomic E-state index is 10.7. The van der Waals surface area contributed by atoms with Gasteiger partial charge in [-0.25, -0.2) is 4.79 Å². The first-order valence-corrected chi connectivity index (χ1v) is 4.91. The fourth-order valence-electron chi connectivity index (χ4n) is 0.810. The molecule has 1 N–H and O–H groups in total. The minimum atomic E-state index is -0.986. The van der Waals surface area contributed by atoms with Crippen LogP contribution in [0, 0.1) is 0 Å². The summed E-state index contributed by atoms with van der Waals surface area (Å²) in [5.41, 5.74) is 0.182. The van der Waals surface area contributed by atoms with Crippen LogP contribution < -0.4 is 0 Å². The van der Waals surface area contributed by atoms with E-state index < -0.39 is 5.97 Å². The molecule has 0 atom stereocenters. The largest absolute Gasteiger partial charge is 0.478 e. The third kappa shape index (κ3) is 2.97. The average Bonchev–Trinajstić information content (AvgIpc) is 2.19. The minimum Gasteiger partial charge on any atom is -0.478 e. The molecule has 76 valence electrons. The topological polar surface area (TPSA) is 72.3 Å². The van der Waals surface area contributed by atoms with Gasteiger partial charge in [-0.15, -0.1) is 16.9 Å². The van der Waals surface area contributed by atoms with E-state index in [0.29, 0.717) is 17.4 Å². The summed E-state index contributed by atoms with van der Waals surface area (Å²) in [6.45, 7) is 0.556. The summed E-state index contributed by atoms with van der Waals surface area (Å²) in [6.07, 6.45) is 1.36. The Morgan fingerprint density at radius 2 is 2.50 bits per heavy atom. The predicted molar refractivity (Wildman–Crippen MR) is 51.6 cm³/mol. The number of carboxylic acids is 1. The van der Waals surface area contributed by atoms with Gasteiger partial charge in [-0.05, 0) is 6.07 Å². The monoisotopic (exact) mass is 214 g/mol. The van der Waals surface area contributed by atoms with Crippen LogP contribution in [-0.4, -0.2) is 40.7 Å². The van der Waals surface area contributed by atoms with Crippen molar-refractivity contribution in [2.45, 2.75) is 5.03 Å². The highest BCUT2D eigenvalue weighted by Crippen LogP contribution is 2.18. The Labute approximate surface area is 85.5 Å². The third-order valence-corrected chi connectivity index (χ3v) is 2.39. The van der Waals surface area contributed by atoms with Crippen LogP contribution in [0.15, 0.2) is 17.3 Å². The van der Waals surface area contributed by atoms with Crippen molar-refractivity contribution in [3.63, 3.8) is 0 Å². The van der Waals surface area contributed by atoms with Crippen molar-refractivity contribution in [1.82, 2.24) is 10.2 Å². The number of ether oxygens (including phenoxy) is 1. The zero-order valence-corrected chi connectivity index (χ0v) is 8.45. The predicted octanol–water partition coefficient (Wildman–Crippen LogP) is 0.913. The van der Waals surface area contributed by atoms with E-state index >= 15 is 0 Å². The van der Waals surface area contributed by atoms with Crippen LogP contribution in [0.5, 0.6) is 0 Å². The summed E-state index contributed by atoms with van der Waals surface area (Å²) < 4.78 is 4.85. The molecule has 0 radical (unpaired) electrons. The molecule has 1 aromatic rings. The van der Waals surface area contributed by atoms with Crippen molar-refractivity contribution in [1.29, 1.82) is 0 Å². The van der Waals surface area contributed by atoms with Gasteiger partial charge in [0.2, 0.25) is 0 Å². The summed E-state index contributed by atoms with van der Waals surface area (Å²) in [5.74, 6) is -0.324. The van der Waals surface area contributed by atoms with Crippen LogP contribution in [0.25, 0.3) is 0 Å². The first-order chi connectivity index (χ1) is 6.75. The molecule has 0 saturated heterocycles. The van der Waals surface area contributed by atoms with Gasteiger partial charge < -0.3 is 9.84 Å². The van der Waals surface area contributed by atoms with Gasteiger partial charge >= 0.3 is 5.97 Å². The number of hydrogen-bond acceptors (Lipinski definition) is 5. The van der Waals surface area contributed by atoms with Crippen molar-refractivity contribution in [2.75, 3.05) is 19.5 Å². The van der Waals surface area contributed by atoms with E-state index in [0.717, 1.165) is 0 Å². The molecule has 0 aliphatic carbocycles. The number of carbonyl (C=O) groups is 1. The molecular weight excluding hydrogens is 204 g/mol. The van der Waals surface area contributed by atoms with Gasteiger partial charge in [-0.3, -0.25) is 0 Å². The van der Waals surface area contributed by atoms with Gasteiger partial charge in [0, 0.05) is 12.9 Å². The normalized spacial score (nSPS) is 10.1. The lowest BCUT2D eigenvalue weighted by molar-refractivity contribution is 0.0692. The van der Waals surface area contributed by atoms with E-state index in [2.05, 4.69) is 10.2 Å². The molecule has 1 rings (SSSR count). The van der Waals surface area contributed by atoms with Crippen LogP contribution in [0.2, 0.25) is 0 Å². The number of thioether (sulfide) groups is 1. The Bertz CT molecular complexity index is 319. The second kappa shape index (κ2) is 5.56. The summed E-state index contributed by atoms with van der Waals surface area (Å²) in [5, 5.41) is 16.6. The number of aromatic nitrogens is 2. The zero-order valence-electron chi connectivity index (χ0n) is 7.64. The van der Waals surface area contributed by atoms with Crippen LogP contribution in [0.4, 0.5) is 0 Å². The van der Waals surface area contributed by atoms with Crippen molar-refractivity contribution >= 4 is 17.7 Å². The standard InChI is InChI=1S/C8H10N2O3S/c1-13-4-5-14-7-6(8(11)12)2-3-9-10-7/h2-3H,4-5H2,1H3,(H,11,12). The van der Waals surface area contributed by atoms with Gasteiger partial charge in [0.05, 0.1) is 18.4 Å². The minimum absolute atomic E-state index is 0.182. The number of hydrogen-bond donors (Lipinski definition) is 1. The smallest absolute Gasteiger partial charge is 0.338 e. The van der Waals surface area contributed by atoms with Crippen LogP contribution in [0.3, 0.4) is 0 Å². The maximum atomic E-state index is 10.7. The molecule has 0 unspecified atom stereocenters. The third-order valence-electron chi connectivity index (χ3n) is 1.44. The fraction of sp³-hybridized carbons (Fsp3) is 0.375. The lowest BCUT2D eigenvalue weighted by Gasteiger charge is -2.02. The molecule has 5 nitrogen and oxygen atoms in total. The Kier molecular flexibility index (Phi) is 4.34. The summed E-state index contributed by atoms with van der Waals surface area (Å²) in [7, 11) is 1.59. The molecule has 0 aliphatic heterocycles. The molecule has 0 amide bonds. The van der Waals surface area contributed by atoms with Gasteiger partial charge in [-0.1, -0.05) is 0 Å². The van der Waals surface area contributed by atoms with E-state index in [-0.39, 0.29) is 5.56 Å². The van der Waals surface area contributed by atoms with Crippen LogP contribution in [-0.2, 0) is 4.74 Å². The highest BCUT2D eigenvalue weighted by Gasteiger charge is 2.11. The van der Waals surface area contributed by atoms with Crippen LogP contribution in [0.1, 0.15) is 10.4 Å². The quantitative estimate of drug-likeness (QED) is 0.580. The van der Waals surface area contributed by atoms with Crippen molar-refractivity contribution in [3.05, 3.63) is 17.8 Å². The Morgan fingerprint density at radius 3 is 3.14 bits per heavy atom. The Morgan fingerprint density at radius 1 is 1.71 bits per heavy atom. The van der Waals surface area contributed by atoms with Crippen molar-refractivity contribution < 1.29 is 14.6 Å². The van der Waals surface area contributed by atoms with Gasteiger partial charge in [-0.2, -0.15) is 5.10 Å². The Balaban J connectivity index is 2.69. The van der Waals surface area contributed by atoms with E-state index in [1.165, 1.54) is 24.0 Å². The van der Waals surface area contributed by atoms with E-state index in [9.17, 15) is 4.79 Å². The first kappa shape index (κ1) is 10.9. The zero-order chi connectivity index (χ0) is 10.4. The molecule has 0 aromatic carbocycles. The summed E-state index contributed by atoms with van der Waals surface area (Å²) >= 11 is 1.32. The summed E-state index contributed by atoms with van der Waals surface area (Å²) in [4.78, 5) is 10.7. The second-order valence-electron chi connectivity index (χ2n) is 2.40. The number of aromatic carboxylic acids is 1. The molecule has 0 bridgehead atoms. The van der Waals surface area contributed by atoms with Gasteiger partial charge in [0.1, 0.15) is 5.03 Å². The van der Waals surface area contributed by atoms with Crippen LogP contribution >= 0.6 is 11.8 Å². The molecule has 1 aromatic heterocycles. The number of methoxy groups -OCH3 is 1.